The highest BCUT2D eigenvalue weighted by molar-refractivity contribution is 5.64. The van der Waals surface area contributed by atoms with E-state index in [-0.39, 0.29) is 5.95 Å². The molecule has 0 radical (unpaired) electrons. The lowest BCUT2D eigenvalue weighted by atomic mass is 10.3. The van der Waals surface area contributed by atoms with Crippen LogP contribution in [0.2, 0.25) is 0 Å². The van der Waals surface area contributed by atoms with Gasteiger partial charge in [0.1, 0.15) is 6.29 Å². The van der Waals surface area contributed by atoms with Gasteiger partial charge in [-0.2, -0.15) is 13.2 Å². The summed E-state index contributed by atoms with van der Waals surface area (Å²) in [5.74, 6) is 0.289. The van der Waals surface area contributed by atoms with Gasteiger partial charge in [0.25, 0.3) is 0 Å². The molecular formula is C12H13F3N4O. The topological polar surface area (TPSA) is 49.3 Å². The molecule has 0 atom stereocenters. The first-order chi connectivity index (χ1) is 9.50. The van der Waals surface area contributed by atoms with E-state index in [9.17, 15) is 18.0 Å². The van der Waals surface area contributed by atoms with E-state index in [1.165, 1.54) is 6.08 Å². The normalized spacial score (nSPS) is 16.8. The summed E-state index contributed by atoms with van der Waals surface area (Å²) < 4.78 is 37.2. The molecule has 0 saturated carbocycles. The molecule has 0 aliphatic carbocycles. The Kier molecular flexibility index (Phi) is 4.21. The average molecular weight is 286 g/mol. The van der Waals surface area contributed by atoms with Gasteiger partial charge in [-0.3, -0.25) is 4.79 Å². The molecule has 108 valence electrons. The van der Waals surface area contributed by atoms with Gasteiger partial charge in [0.2, 0.25) is 5.95 Å². The minimum Gasteiger partial charge on any atom is -0.374 e. The lowest BCUT2D eigenvalue weighted by Crippen LogP contribution is -2.44. The van der Waals surface area contributed by atoms with Crippen molar-refractivity contribution < 1.29 is 18.0 Å². The molecule has 20 heavy (non-hydrogen) atoms. The van der Waals surface area contributed by atoms with Gasteiger partial charge in [0, 0.05) is 44.8 Å². The van der Waals surface area contributed by atoms with E-state index < -0.39 is 11.7 Å². The van der Waals surface area contributed by atoms with Gasteiger partial charge in [-0.25, -0.2) is 9.97 Å². The summed E-state index contributed by atoms with van der Waals surface area (Å²) in [6.07, 6.45) is 0.965. The highest BCUT2D eigenvalue weighted by Crippen LogP contribution is 2.28. The number of aldehydes is 1. The van der Waals surface area contributed by atoms with Crippen molar-refractivity contribution in [2.75, 3.05) is 31.1 Å². The number of rotatable bonds is 3. The van der Waals surface area contributed by atoms with Crippen molar-refractivity contribution in [1.29, 1.82) is 0 Å². The Bertz CT molecular complexity index is 478. The van der Waals surface area contributed by atoms with Crippen LogP contribution in [0.15, 0.2) is 24.7 Å². The molecule has 0 amide bonds. The van der Waals surface area contributed by atoms with Crippen molar-refractivity contribution in [3.63, 3.8) is 0 Å². The monoisotopic (exact) mass is 286 g/mol. The highest BCUT2D eigenvalue weighted by atomic mass is 19.4. The standard InChI is InChI=1S/C12H13F3N4O/c13-12(14,15)10-8-16-11(17-9-10)19-5-3-18(4-6-19)2-1-7-20/h1-2,7-9H,3-6H2. The van der Waals surface area contributed by atoms with E-state index in [2.05, 4.69) is 9.97 Å². The quantitative estimate of drug-likeness (QED) is 0.620. The van der Waals surface area contributed by atoms with Crippen LogP contribution in [0.4, 0.5) is 19.1 Å². The molecule has 8 heteroatoms. The largest absolute Gasteiger partial charge is 0.419 e. The van der Waals surface area contributed by atoms with Crippen molar-refractivity contribution >= 4 is 12.2 Å². The van der Waals surface area contributed by atoms with Crippen molar-refractivity contribution in [3.05, 3.63) is 30.2 Å². The Morgan fingerprint density at radius 1 is 1.10 bits per heavy atom. The lowest BCUT2D eigenvalue weighted by molar-refractivity contribution is -0.138. The van der Waals surface area contributed by atoms with E-state index in [0.29, 0.717) is 32.5 Å². The molecule has 0 N–H and O–H groups in total. The maximum Gasteiger partial charge on any atom is 0.419 e. The first kappa shape index (κ1) is 14.3. The summed E-state index contributed by atoms with van der Waals surface area (Å²) in [6, 6.07) is 0. The third kappa shape index (κ3) is 3.46. The molecule has 0 spiro atoms. The smallest absolute Gasteiger partial charge is 0.374 e. The molecular weight excluding hydrogens is 273 g/mol. The maximum atomic E-state index is 12.4. The van der Waals surface area contributed by atoms with Crippen molar-refractivity contribution in [3.8, 4) is 0 Å². The SMILES string of the molecule is O=CC=CN1CCN(c2ncc(C(F)(F)F)cn2)CC1. The van der Waals surface area contributed by atoms with Crippen LogP contribution < -0.4 is 4.90 Å². The van der Waals surface area contributed by atoms with Gasteiger partial charge in [-0.05, 0) is 6.08 Å². The Morgan fingerprint density at radius 2 is 1.70 bits per heavy atom. The Hall–Kier alpha value is -2.12. The van der Waals surface area contributed by atoms with Crippen LogP contribution in [0.1, 0.15) is 5.56 Å². The predicted octanol–water partition coefficient (Wildman–Crippen LogP) is 1.33. The lowest BCUT2D eigenvalue weighted by Gasteiger charge is -2.33. The molecule has 0 bridgehead atoms. The molecule has 1 aromatic heterocycles. The number of aromatic nitrogens is 2. The third-order valence-electron chi connectivity index (χ3n) is 2.94. The van der Waals surface area contributed by atoms with Crippen LogP contribution in [0.25, 0.3) is 0 Å². The van der Waals surface area contributed by atoms with Crippen molar-refractivity contribution in [2.45, 2.75) is 6.18 Å². The number of alkyl halides is 3. The summed E-state index contributed by atoms with van der Waals surface area (Å²) in [5, 5.41) is 0. The Balaban J connectivity index is 1.97. The predicted molar refractivity (Wildman–Crippen MR) is 66.0 cm³/mol. The summed E-state index contributed by atoms with van der Waals surface area (Å²) in [4.78, 5) is 21.5. The van der Waals surface area contributed by atoms with Gasteiger partial charge in [-0.1, -0.05) is 0 Å². The number of anilines is 1. The molecule has 0 unspecified atom stereocenters. The van der Waals surface area contributed by atoms with Crippen LogP contribution in [0.3, 0.4) is 0 Å². The van der Waals surface area contributed by atoms with Crippen LogP contribution in [-0.2, 0) is 11.0 Å². The Morgan fingerprint density at radius 3 is 2.20 bits per heavy atom. The first-order valence-corrected chi connectivity index (χ1v) is 6.01. The number of carbonyl (C=O) groups excluding carboxylic acids is 1. The van der Waals surface area contributed by atoms with Gasteiger partial charge >= 0.3 is 6.18 Å². The van der Waals surface area contributed by atoms with Crippen LogP contribution >= 0.6 is 0 Å². The summed E-state index contributed by atoms with van der Waals surface area (Å²) >= 11 is 0. The molecule has 1 saturated heterocycles. The summed E-state index contributed by atoms with van der Waals surface area (Å²) in [7, 11) is 0. The fraction of sp³-hybridized carbons (Fsp3) is 0.417. The number of piperazine rings is 1. The van der Waals surface area contributed by atoms with E-state index in [4.69, 9.17) is 0 Å². The van der Waals surface area contributed by atoms with Crippen molar-refractivity contribution in [2.24, 2.45) is 0 Å². The molecule has 1 fully saturated rings. The number of halogens is 3. The number of allylic oxidation sites excluding steroid dienone is 1. The fourth-order valence-electron chi connectivity index (χ4n) is 1.86. The number of nitrogens with zero attached hydrogens (tertiary/aromatic N) is 4. The summed E-state index contributed by atoms with van der Waals surface area (Å²) in [6.45, 7) is 2.51. The second-order valence-electron chi connectivity index (χ2n) is 4.27. The average Bonchev–Trinajstić information content (AvgIpc) is 2.45. The molecule has 0 aromatic carbocycles. The van der Waals surface area contributed by atoms with Gasteiger partial charge in [0.15, 0.2) is 0 Å². The number of hydrogen-bond acceptors (Lipinski definition) is 5. The highest BCUT2D eigenvalue weighted by Gasteiger charge is 2.31. The zero-order chi connectivity index (χ0) is 14.6. The zero-order valence-corrected chi connectivity index (χ0v) is 10.5. The van der Waals surface area contributed by atoms with Gasteiger partial charge in [0.05, 0.1) is 5.56 Å². The second kappa shape index (κ2) is 5.89. The van der Waals surface area contributed by atoms with Gasteiger partial charge in [-0.15, -0.1) is 0 Å². The minimum atomic E-state index is -4.42. The zero-order valence-electron chi connectivity index (χ0n) is 10.5. The fourth-order valence-corrected chi connectivity index (χ4v) is 1.86. The van der Waals surface area contributed by atoms with Crippen LogP contribution in [-0.4, -0.2) is 47.3 Å². The molecule has 2 heterocycles. The first-order valence-electron chi connectivity index (χ1n) is 6.01. The van der Waals surface area contributed by atoms with Crippen molar-refractivity contribution in [1.82, 2.24) is 14.9 Å². The van der Waals surface area contributed by atoms with E-state index >= 15 is 0 Å². The van der Waals surface area contributed by atoms with E-state index in [1.807, 2.05) is 9.80 Å². The molecule has 5 nitrogen and oxygen atoms in total. The number of carbonyl (C=O) groups is 1. The minimum absolute atomic E-state index is 0.289. The van der Waals surface area contributed by atoms with E-state index in [1.54, 1.807) is 6.20 Å². The Labute approximate surface area is 113 Å². The summed E-state index contributed by atoms with van der Waals surface area (Å²) in [5.41, 5.74) is -0.853. The van der Waals surface area contributed by atoms with Crippen LogP contribution in [0, 0.1) is 0 Å². The van der Waals surface area contributed by atoms with E-state index in [0.717, 1.165) is 12.4 Å². The molecule has 2 rings (SSSR count). The van der Waals surface area contributed by atoms with Crippen LogP contribution in [0.5, 0.6) is 0 Å². The molecule has 1 aromatic rings. The molecule has 1 aliphatic rings. The second-order valence-corrected chi connectivity index (χ2v) is 4.27. The maximum absolute atomic E-state index is 12.4. The number of hydrogen-bond donors (Lipinski definition) is 0. The molecule has 1 aliphatic heterocycles. The van der Waals surface area contributed by atoms with Gasteiger partial charge < -0.3 is 9.80 Å². The third-order valence-corrected chi connectivity index (χ3v) is 2.94.